The fourth-order valence-corrected chi connectivity index (χ4v) is 0.569. The molecule has 0 fully saturated rings. The molecular formula is C8H9F3N4O2. The van der Waals surface area contributed by atoms with Crippen LogP contribution in [0.3, 0.4) is 0 Å². The molecule has 0 radical (unpaired) electrons. The van der Waals surface area contributed by atoms with Gasteiger partial charge in [0.15, 0.2) is 5.96 Å². The average Bonchev–Trinajstić information content (AvgIpc) is 2.17. The van der Waals surface area contributed by atoms with Crippen LogP contribution in [0, 0.1) is 0 Å². The summed E-state index contributed by atoms with van der Waals surface area (Å²) in [5.74, 6) is -2.71. The molecule has 6 nitrogen and oxygen atoms in total. The van der Waals surface area contributed by atoms with E-state index in [1.165, 1.54) is 0 Å². The second-order valence-corrected chi connectivity index (χ2v) is 2.55. The summed E-state index contributed by atoms with van der Waals surface area (Å²) in [6, 6.07) is 3.54. The lowest BCUT2D eigenvalue weighted by molar-refractivity contribution is -0.192. The first kappa shape index (κ1) is 14.7. The van der Waals surface area contributed by atoms with E-state index < -0.39 is 12.1 Å². The van der Waals surface area contributed by atoms with Gasteiger partial charge in [0.1, 0.15) is 0 Å². The molecule has 0 saturated heterocycles. The van der Waals surface area contributed by atoms with Crippen LogP contribution in [0.4, 0.5) is 18.9 Å². The third-order valence-electron chi connectivity index (χ3n) is 1.15. The molecule has 17 heavy (non-hydrogen) atoms. The summed E-state index contributed by atoms with van der Waals surface area (Å²) >= 11 is 0. The number of pyridine rings is 1. The van der Waals surface area contributed by atoms with E-state index in [2.05, 4.69) is 9.98 Å². The fraction of sp³-hybridized carbons (Fsp3) is 0.125. The van der Waals surface area contributed by atoms with Gasteiger partial charge < -0.3 is 16.6 Å². The molecule has 0 unspecified atom stereocenters. The Balaban J connectivity index is 0.000000325. The summed E-state index contributed by atoms with van der Waals surface area (Å²) in [5.41, 5.74) is 10.9. The Morgan fingerprint density at radius 1 is 1.41 bits per heavy atom. The number of aliphatic carboxylic acids is 1. The number of halogens is 3. The molecule has 0 amide bonds. The van der Waals surface area contributed by atoms with E-state index in [1.807, 2.05) is 0 Å². The van der Waals surface area contributed by atoms with Gasteiger partial charge in [-0.05, 0) is 12.1 Å². The first-order valence-electron chi connectivity index (χ1n) is 4.03. The number of guanidine groups is 1. The summed E-state index contributed by atoms with van der Waals surface area (Å²) in [6.07, 6.45) is -1.84. The normalized spacial score (nSPS) is 9.82. The monoisotopic (exact) mass is 250 g/mol. The number of hydrogen-bond donors (Lipinski definition) is 3. The Hall–Kier alpha value is -2.32. The SMILES string of the molecule is NC(N)=Nc1cccnc1.O=C(O)C(F)(F)F. The number of carboxylic acids is 1. The smallest absolute Gasteiger partial charge is 0.475 e. The van der Waals surface area contributed by atoms with E-state index in [-0.39, 0.29) is 5.96 Å². The van der Waals surface area contributed by atoms with E-state index >= 15 is 0 Å². The summed E-state index contributed by atoms with van der Waals surface area (Å²) in [5, 5.41) is 7.12. The van der Waals surface area contributed by atoms with Crippen molar-refractivity contribution in [1.29, 1.82) is 0 Å². The van der Waals surface area contributed by atoms with Crippen LogP contribution in [0.5, 0.6) is 0 Å². The van der Waals surface area contributed by atoms with E-state index in [1.54, 1.807) is 24.5 Å². The van der Waals surface area contributed by atoms with Crippen molar-refractivity contribution in [3.05, 3.63) is 24.5 Å². The molecule has 1 rings (SSSR count). The largest absolute Gasteiger partial charge is 0.490 e. The maximum Gasteiger partial charge on any atom is 0.490 e. The predicted octanol–water partition coefficient (Wildman–Crippen LogP) is 0.620. The maximum absolute atomic E-state index is 10.6. The second-order valence-electron chi connectivity index (χ2n) is 2.55. The maximum atomic E-state index is 10.6. The van der Waals surface area contributed by atoms with E-state index in [9.17, 15) is 13.2 Å². The van der Waals surface area contributed by atoms with Crippen molar-refractivity contribution in [3.8, 4) is 0 Å². The Bertz CT molecular complexity index is 388. The van der Waals surface area contributed by atoms with Crippen LogP contribution in [0.25, 0.3) is 0 Å². The molecule has 1 aromatic rings. The van der Waals surface area contributed by atoms with Crippen LogP contribution in [-0.4, -0.2) is 28.2 Å². The van der Waals surface area contributed by atoms with Crippen molar-refractivity contribution in [1.82, 2.24) is 4.98 Å². The third-order valence-corrected chi connectivity index (χ3v) is 1.15. The zero-order valence-corrected chi connectivity index (χ0v) is 8.35. The van der Waals surface area contributed by atoms with Crippen LogP contribution in [0.1, 0.15) is 0 Å². The second kappa shape index (κ2) is 6.30. The minimum Gasteiger partial charge on any atom is -0.475 e. The molecule has 1 heterocycles. The molecule has 0 aliphatic rings. The van der Waals surface area contributed by atoms with Gasteiger partial charge in [-0.1, -0.05) is 0 Å². The number of rotatable bonds is 1. The molecule has 0 aliphatic heterocycles. The van der Waals surface area contributed by atoms with Crippen LogP contribution < -0.4 is 11.5 Å². The molecule has 0 bridgehead atoms. The number of nitrogens with two attached hydrogens (primary N) is 2. The fourth-order valence-electron chi connectivity index (χ4n) is 0.569. The number of alkyl halides is 3. The van der Waals surface area contributed by atoms with Crippen molar-refractivity contribution in [2.45, 2.75) is 6.18 Å². The van der Waals surface area contributed by atoms with Gasteiger partial charge in [0.05, 0.1) is 11.9 Å². The molecule has 1 aromatic heterocycles. The van der Waals surface area contributed by atoms with Crippen molar-refractivity contribution >= 4 is 17.6 Å². The molecule has 94 valence electrons. The zero-order chi connectivity index (χ0) is 13.5. The van der Waals surface area contributed by atoms with Crippen LogP contribution in [-0.2, 0) is 4.79 Å². The first-order valence-corrected chi connectivity index (χ1v) is 4.03. The number of aromatic nitrogens is 1. The molecule has 0 spiro atoms. The Morgan fingerprint density at radius 2 is 1.94 bits per heavy atom. The third kappa shape index (κ3) is 7.59. The van der Waals surface area contributed by atoms with Gasteiger partial charge in [0, 0.05) is 6.20 Å². The van der Waals surface area contributed by atoms with Crippen molar-refractivity contribution in [2.75, 3.05) is 0 Å². The van der Waals surface area contributed by atoms with Gasteiger partial charge in [-0.3, -0.25) is 4.98 Å². The van der Waals surface area contributed by atoms with Crippen LogP contribution in [0.15, 0.2) is 29.5 Å². The van der Waals surface area contributed by atoms with Crippen molar-refractivity contribution in [2.24, 2.45) is 16.5 Å². The number of aliphatic imine (C=N–C) groups is 1. The number of hydrogen-bond acceptors (Lipinski definition) is 3. The van der Waals surface area contributed by atoms with Gasteiger partial charge in [-0.25, -0.2) is 9.79 Å². The van der Waals surface area contributed by atoms with Crippen LogP contribution in [0.2, 0.25) is 0 Å². The summed E-state index contributed by atoms with van der Waals surface area (Å²) in [7, 11) is 0. The Kier molecular flexibility index (Phi) is 5.44. The number of carbonyl (C=O) groups is 1. The Labute approximate surface area is 93.8 Å². The average molecular weight is 250 g/mol. The molecule has 5 N–H and O–H groups in total. The summed E-state index contributed by atoms with van der Waals surface area (Å²) in [6.45, 7) is 0. The Morgan fingerprint density at radius 3 is 2.24 bits per heavy atom. The van der Waals surface area contributed by atoms with Crippen molar-refractivity contribution in [3.63, 3.8) is 0 Å². The van der Waals surface area contributed by atoms with Crippen LogP contribution >= 0.6 is 0 Å². The summed E-state index contributed by atoms with van der Waals surface area (Å²) in [4.78, 5) is 16.5. The quantitative estimate of drug-likeness (QED) is 0.499. The highest BCUT2D eigenvalue weighted by Crippen LogP contribution is 2.13. The van der Waals surface area contributed by atoms with Gasteiger partial charge in [-0.2, -0.15) is 13.2 Å². The summed E-state index contributed by atoms with van der Waals surface area (Å²) < 4.78 is 31.7. The van der Waals surface area contributed by atoms with Gasteiger partial charge in [0.25, 0.3) is 0 Å². The molecule has 0 aliphatic carbocycles. The first-order chi connectivity index (χ1) is 7.73. The highest BCUT2D eigenvalue weighted by Gasteiger charge is 2.38. The highest BCUT2D eigenvalue weighted by atomic mass is 19.4. The van der Waals surface area contributed by atoms with Crippen molar-refractivity contribution < 1.29 is 23.1 Å². The lowest BCUT2D eigenvalue weighted by Crippen LogP contribution is -2.21. The van der Waals surface area contributed by atoms with E-state index in [0.717, 1.165) is 0 Å². The molecule has 0 aromatic carbocycles. The number of nitrogens with zero attached hydrogens (tertiary/aromatic N) is 2. The van der Waals surface area contributed by atoms with Gasteiger partial charge in [-0.15, -0.1) is 0 Å². The minimum atomic E-state index is -5.08. The van der Waals surface area contributed by atoms with Gasteiger partial charge in [0.2, 0.25) is 0 Å². The molecule has 0 saturated carbocycles. The molecule has 0 atom stereocenters. The molecular weight excluding hydrogens is 241 g/mol. The van der Waals surface area contributed by atoms with E-state index in [0.29, 0.717) is 5.69 Å². The lowest BCUT2D eigenvalue weighted by atomic mass is 10.4. The highest BCUT2D eigenvalue weighted by molar-refractivity contribution is 5.78. The number of carboxylic acid groups (broad SMARTS) is 1. The minimum absolute atomic E-state index is 0.0491. The van der Waals surface area contributed by atoms with E-state index in [4.69, 9.17) is 21.4 Å². The predicted molar refractivity (Wildman–Crippen MR) is 53.4 cm³/mol. The standard InChI is InChI=1S/C6H8N4.C2HF3O2/c7-6(8)10-5-2-1-3-9-4-5;3-2(4,5)1(6)7/h1-4H,(H4,7,8,10);(H,6,7). The molecule has 9 heteroatoms. The lowest BCUT2D eigenvalue weighted by Gasteiger charge is -1.93. The topological polar surface area (TPSA) is 115 Å². The van der Waals surface area contributed by atoms with Gasteiger partial charge >= 0.3 is 12.1 Å². The zero-order valence-electron chi connectivity index (χ0n) is 8.35.